The standard InChI is InChI=1S/C32H25F7N4O2/c1-40-31(45)23-11-16(4-5-25(23)35)21-3-2-6-41-27(21)17(7-15-8-18(33)12-19(34)9-15)10-20(44)14-43-29-26(28(42-43)30(36)37)22-13-24(22)32(29,38)39/h2-6,8-9,11-12,17,22,24,30H,7,10,13-14H2,1H3,(H,40,45)/t17-,22-,24+/m1/s1. The average Bonchev–Trinajstić information content (AvgIpc) is 3.65. The van der Waals surface area contributed by atoms with E-state index in [0.29, 0.717) is 21.9 Å². The molecule has 0 spiro atoms. The van der Waals surface area contributed by atoms with E-state index >= 15 is 8.78 Å². The summed E-state index contributed by atoms with van der Waals surface area (Å²) in [6.07, 6.45) is -2.16. The van der Waals surface area contributed by atoms with E-state index in [2.05, 4.69) is 15.4 Å². The SMILES string of the molecule is CNC(=O)c1cc(-c2cccnc2[C@@H](CC(=O)Cn2nc(C(F)F)c3c2C(F)(F)[C@H]2C[C@@H]32)Cc2cc(F)cc(F)c2)ccc1F. The molecular formula is C32H25F7N4O2. The van der Waals surface area contributed by atoms with Crippen molar-refractivity contribution in [3.63, 3.8) is 0 Å². The fraction of sp³-hybridized carbons (Fsp3) is 0.312. The Bertz CT molecular complexity index is 1800. The van der Waals surface area contributed by atoms with Gasteiger partial charge in [-0.15, -0.1) is 0 Å². The van der Waals surface area contributed by atoms with Crippen LogP contribution in [-0.2, 0) is 23.7 Å². The highest BCUT2D eigenvalue weighted by atomic mass is 19.3. The summed E-state index contributed by atoms with van der Waals surface area (Å²) < 4.78 is 101. The third-order valence-corrected chi connectivity index (χ3v) is 8.35. The predicted octanol–water partition coefficient (Wildman–Crippen LogP) is 6.85. The molecular weight excluding hydrogens is 605 g/mol. The van der Waals surface area contributed by atoms with Crippen LogP contribution in [-0.4, -0.2) is 33.5 Å². The zero-order valence-electron chi connectivity index (χ0n) is 23.6. The van der Waals surface area contributed by atoms with Crippen LogP contribution in [0.25, 0.3) is 11.1 Å². The van der Waals surface area contributed by atoms with Gasteiger partial charge in [-0.3, -0.25) is 19.3 Å². The molecule has 2 heterocycles. The smallest absolute Gasteiger partial charge is 0.293 e. The van der Waals surface area contributed by atoms with Crippen LogP contribution in [0.1, 0.15) is 69.7 Å². The van der Waals surface area contributed by atoms with Crippen molar-refractivity contribution in [3.05, 3.63) is 106 Å². The van der Waals surface area contributed by atoms with Gasteiger partial charge in [-0.05, 0) is 60.2 Å². The van der Waals surface area contributed by atoms with E-state index in [4.69, 9.17) is 0 Å². The van der Waals surface area contributed by atoms with Crippen LogP contribution in [0.4, 0.5) is 30.7 Å². The van der Waals surface area contributed by atoms with E-state index in [-0.39, 0.29) is 35.2 Å². The molecule has 45 heavy (non-hydrogen) atoms. The number of nitrogens with one attached hydrogen (secondary N) is 1. The number of carbonyl (C=O) groups is 2. The lowest BCUT2D eigenvalue weighted by molar-refractivity contribution is -0.120. The number of ketones is 1. The number of carbonyl (C=O) groups excluding carboxylic acids is 2. The van der Waals surface area contributed by atoms with Crippen LogP contribution >= 0.6 is 0 Å². The Balaban J connectivity index is 1.38. The number of pyridine rings is 1. The van der Waals surface area contributed by atoms with Crippen molar-refractivity contribution in [2.45, 2.75) is 50.0 Å². The summed E-state index contributed by atoms with van der Waals surface area (Å²) in [6.45, 7) is -0.738. The molecule has 6 nitrogen and oxygen atoms in total. The number of rotatable bonds is 10. The largest absolute Gasteiger partial charge is 0.355 e. The summed E-state index contributed by atoms with van der Waals surface area (Å²) in [5, 5.41) is 6.07. The second kappa shape index (κ2) is 11.4. The summed E-state index contributed by atoms with van der Waals surface area (Å²) in [5.41, 5.74) is -0.752. The minimum absolute atomic E-state index is 0.0685. The highest BCUT2D eigenvalue weighted by molar-refractivity contribution is 5.95. The molecule has 13 heteroatoms. The fourth-order valence-electron chi connectivity index (χ4n) is 6.35. The van der Waals surface area contributed by atoms with Gasteiger partial charge >= 0.3 is 0 Å². The third-order valence-electron chi connectivity index (χ3n) is 8.35. The van der Waals surface area contributed by atoms with Crippen LogP contribution in [0, 0.1) is 23.4 Å². The molecule has 2 aliphatic rings. The molecule has 234 valence electrons. The van der Waals surface area contributed by atoms with Crippen molar-refractivity contribution in [2.24, 2.45) is 5.92 Å². The van der Waals surface area contributed by atoms with E-state index in [9.17, 15) is 31.5 Å². The molecule has 0 saturated heterocycles. The zero-order valence-corrected chi connectivity index (χ0v) is 23.6. The first-order valence-electron chi connectivity index (χ1n) is 14.1. The number of hydrogen-bond donors (Lipinski definition) is 1. The minimum atomic E-state index is -3.42. The predicted molar refractivity (Wildman–Crippen MR) is 147 cm³/mol. The number of amides is 1. The first kappa shape index (κ1) is 30.5. The molecule has 0 unspecified atom stereocenters. The van der Waals surface area contributed by atoms with Gasteiger partial charge < -0.3 is 5.32 Å². The number of nitrogens with zero attached hydrogens (tertiary/aromatic N) is 3. The Kier molecular flexibility index (Phi) is 7.74. The van der Waals surface area contributed by atoms with Crippen LogP contribution in [0.3, 0.4) is 0 Å². The highest BCUT2D eigenvalue weighted by Gasteiger charge is 2.67. The lowest BCUT2D eigenvalue weighted by atomic mass is 9.86. The zero-order chi connectivity index (χ0) is 32.2. The first-order chi connectivity index (χ1) is 21.4. The molecule has 2 aromatic heterocycles. The van der Waals surface area contributed by atoms with E-state index in [1.165, 1.54) is 25.4 Å². The number of alkyl halides is 4. The van der Waals surface area contributed by atoms with Gasteiger partial charge in [0.05, 0.1) is 11.3 Å². The minimum Gasteiger partial charge on any atom is -0.355 e. The van der Waals surface area contributed by atoms with Crippen LogP contribution < -0.4 is 5.32 Å². The molecule has 6 rings (SSSR count). The van der Waals surface area contributed by atoms with Crippen molar-refractivity contribution in [1.82, 2.24) is 20.1 Å². The Morgan fingerprint density at radius 1 is 1.04 bits per heavy atom. The number of fused-ring (bicyclic) bond motifs is 3. The summed E-state index contributed by atoms with van der Waals surface area (Å²) in [7, 11) is 1.34. The van der Waals surface area contributed by atoms with Gasteiger partial charge in [0.2, 0.25) is 0 Å². The number of aromatic nitrogens is 3. The second-order valence-electron chi connectivity index (χ2n) is 11.3. The number of benzene rings is 2. The summed E-state index contributed by atoms with van der Waals surface area (Å²) in [6, 6.07) is 9.78. The van der Waals surface area contributed by atoms with Crippen LogP contribution in [0.15, 0.2) is 54.7 Å². The highest BCUT2D eigenvalue weighted by Crippen LogP contribution is 2.68. The number of hydrogen-bond acceptors (Lipinski definition) is 4. The Hall–Kier alpha value is -4.55. The van der Waals surface area contributed by atoms with Crippen molar-refractivity contribution < 1.29 is 40.3 Å². The van der Waals surface area contributed by atoms with Crippen molar-refractivity contribution in [2.75, 3.05) is 7.05 Å². The molecule has 1 saturated carbocycles. The number of Topliss-reactive ketones (excluding diaryl/α,β-unsaturated/α-hetero) is 1. The maximum absolute atomic E-state index is 15.1. The van der Waals surface area contributed by atoms with Crippen molar-refractivity contribution in [1.29, 1.82) is 0 Å². The van der Waals surface area contributed by atoms with Gasteiger partial charge in [-0.25, -0.2) is 22.0 Å². The van der Waals surface area contributed by atoms with Gasteiger partial charge in [0.15, 0.2) is 5.78 Å². The number of halogens is 7. The monoisotopic (exact) mass is 630 g/mol. The molecule has 0 aliphatic heterocycles. The van der Waals surface area contributed by atoms with Gasteiger partial charge in [0.1, 0.15) is 35.4 Å². The van der Waals surface area contributed by atoms with Crippen molar-refractivity contribution in [3.8, 4) is 11.1 Å². The first-order valence-corrected chi connectivity index (χ1v) is 14.1. The Morgan fingerprint density at radius 2 is 1.78 bits per heavy atom. The van der Waals surface area contributed by atoms with Crippen LogP contribution in [0.2, 0.25) is 0 Å². The maximum Gasteiger partial charge on any atom is 0.293 e. The fourth-order valence-corrected chi connectivity index (χ4v) is 6.35. The van der Waals surface area contributed by atoms with E-state index in [1.807, 2.05) is 0 Å². The summed E-state index contributed by atoms with van der Waals surface area (Å²) in [5.74, 6) is -10.0. The Labute approximate surface area is 252 Å². The van der Waals surface area contributed by atoms with E-state index in [0.717, 1.165) is 18.2 Å². The average molecular weight is 631 g/mol. The molecule has 4 aromatic rings. The topological polar surface area (TPSA) is 76.9 Å². The third kappa shape index (κ3) is 5.59. The Morgan fingerprint density at radius 3 is 2.47 bits per heavy atom. The van der Waals surface area contributed by atoms with E-state index < -0.39 is 83.6 Å². The van der Waals surface area contributed by atoms with Gasteiger partial charge in [0.25, 0.3) is 18.3 Å². The van der Waals surface area contributed by atoms with Crippen LogP contribution in [0.5, 0.6) is 0 Å². The van der Waals surface area contributed by atoms with Gasteiger partial charge in [0, 0.05) is 48.7 Å². The van der Waals surface area contributed by atoms with Gasteiger partial charge in [-0.1, -0.05) is 12.1 Å². The molecule has 0 bridgehead atoms. The second-order valence-corrected chi connectivity index (χ2v) is 11.3. The molecule has 1 fully saturated rings. The van der Waals surface area contributed by atoms with Crippen molar-refractivity contribution >= 4 is 11.7 Å². The molecule has 1 amide bonds. The molecule has 1 N–H and O–H groups in total. The summed E-state index contributed by atoms with van der Waals surface area (Å²) in [4.78, 5) is 30.2. The lowest BCUT2D eigenvalue weighted by Gasteiger charge is -2.21. The van der Waals surface area contributed by atoms with E-state index in [1.54, 1.807) is 12.1 Å². The molecule has 2 aliphatic carbocycles. The summed E-state index contributed by atoms with van der Waals surface area (Å²) >= 11 is 0. The quantitative estimate of drug-likeness (QED) is 0.195. The normalized spacial score (nSPS) is 18.4. The molecule has 0 radical (unpaired) electrons. The lowest BCUT2D eigenvalue weighted by Crippen LogP contribution is -2.24. The molecule has 3 atom stereocenters. The molecule has 2 aromatic carbocycles. The van der Waals surface area contributed by atoms with Gasteiger partial charge in [-0.2, -0.15) is 13.9 Å². The maximum atomic E-state index is 15.1.